The van der Waals surface area contributed by atoms with Gasteiger partial charge in [0.15, 0.2) is 6.29 Å². The molecule has 0 aliphatic carbocycles. The second-order valence-corrected chi connectivity index (χ2v) is 3.58. The third-order valence-corrected chi connectivity index (χ3v) is 2.34. The van der Waals surface area contributed by atoms with Crippen LogP contribution in [0.5, 0.6) is 5.75 Å². The van der Waals surface area contributed by atoms with Crippen molar-refractivity contribution in [3.8, 4) is 5.75 Å². The molecule has 2 nitrogen and oxygen atoms in total. The van der Waals surface area contributed by atoms with Crippen LogP contribution in [0.15, 0.2) is 24.3 Å². The van der Waals surface area contributed by atoms with Crippen molar-refractivity contribution in [2.45, 2.75) is 25.3 Å². The number of ether oxygens (including phenoxy) is 2. The van der Waals surface area contributed by atoms with Gasteiger partial charge < -0.3 is 9.47 Å². The number of alkyl halides is 3. The molecule has 1 aromatic rings. The number of benzene rings is 1. The Bertz CT molecular complexity index is 339. The SMILES string of the molecule is FC(F)(F)c1ccc(OC2CCCO2)cc1. The average molecular weight is 232 g/mol. The predicted molar refractivity (Wildman–Crippen MR) is 51.0 cm³/mol. The number of halogens is 3. The van der Waals surface area contributed by atoms with E-state index in [0.717, 1.165) is 25.0 Å². The monoisotopic (exact) mass is 232 g/mol. The topological polar surface area (TPSA) is 18.5 Å². The molecule has 0 bridgehead atoms. The van der Waals surface area contributed by atoms with Crippen molar-refractivity contribution in [3.05, 3.63) is 29.8 Å². The highest BCUT2D eigenvalue weighted by molar-refractivity contribution is 5.28. The van der Waals surface area contributed by atoms with Crippen LogP contribution in [-0.4, -0.2) is 12.9 Å². The zero-order valence-corrected chi connectivity index (χ0v) is 8.46. The van der Waals surface area contributed by atoms with Gasteiger partial charge in [0, 0.05) is 6.42 Å². The first kappa shape index (κ1) is 11.3. The van der Waals surface area contributed by atoms with Gasteiger partial charge in [-0.15, -0.1) is 0 Å². The summed E-state index contributed by atoms with van der Waals surface area (Å²) in [6.45, 7) is 0.644. The summed E-state index contributed by atoms with van der Waals surface area (Å²) in [4.78, 5) is 0. The molecule has 1 aliphatic rings. The lowest BCUT2D eigenvalue weighted by Crippen LogP contribution is -2.14. The molecule has 0 N–H and O–H groups in total. The summed E-state index contributed by atoms with van der Waals surface area (Å²) in [5, 5.41) is 0. The van der Waals surface area contributed by atoms with Crippen LogP contribution in [0.3, 0.4) is 0 Å². The zero-order valence-electron chi connectivity index (χ0n) is 8.46. The fraction of sp³-hybridized carbons (Fsp3) is 0.455. The van der Waals surface area contributed by atoms with Crippen molar-refractivity contribution in [1.29, 1.82) is 0 Å². The fourth-order valence-electron chi connectivity index (χ4n) is 1.52. The van der Waals surface area contributed by atoms with Gasteiger partial charge in [-0.1, -0.05) is 0 Å². The maximum atomic E-state index is 12.3. The average Bonchev–Trinajstić information content (AvgIpc) is 2.70. The van der Waals surface area contributed by atoms with Crippen molar-refractivity contribution in [2.75, 3.05) is 6.61 Å². The van der Waals surface area contributed by atoms with Crippen molar-refractivity contribution in [1.82, 2.24) is 0 Å². The molecule has 0 aromatic heterocycles. The van der Waals surface area contributed by atoms with Gasteiger partial charge >= 0.3 is 6.18 Å². The molecule has 88 valence electrons. The third kappa shape index (κ3) is 2.66. The molecule has 0 saturated carbocycles. The molecule has 1 unspecified atom stereocenters. The summed E-state index contributed by atoms with van der Waals surface area (Å²) < 4.78 is 47.3. The Balaban J connectivity index is 2.01. The summed E-state index contributed by atoms with van der Waals surface area (Å²) in [7, 11) is 0. The molecule has 5 heteroatoms. The first-order valence-corrected chi connectivity index (χ1v) is 5.01. The van der Waals surface area contributed by atoms with Crippen LogP contribution in [0.1, 0.15) is 18.4 Å². The van der Waals surface area contributed by atoms with Gasteiger partial charge in [-0.3, -0.25) is 0 Å². The van der Waals surface area contributed by atoms with E-state index in [1.165, 1.54) is 12.1 Å². The lowest BCUT2D eigenvalue weighted by Gasteiger charge is -2.13. The van der Waals surface area contributed by atoms with Gasteiger partial charge in [-0.25, -0.2) is 0 Å². The Hall–Kier alpha value is -1.23. The van der Waals surface area contributed by atoms with E-state index in [1.54, 1.807) is 0 Å². The van der Waals surface area contributed by atoms with E-state index in [4.69, 9.17) is 9.47 Å². The molecular weight excluding hydrogens is 221 g/mol. The minimum Gasteiger partial charge on any atom is -0.465 e. The molecule has 0 amide bonds. The quantitative estimate of drug-likeness (QED) is 0.779. The molecule has 1 fully saturated rings. The van der Waals surface area contributed by atoms with Gasteiger partial charge in [0.2, 0.25) is 0 Å². The highest BCUT2D eigenvalue weighted by atomic mass is 19.4. The van der Waals surface area contributed by atoms with Crippen LogP contribution in [0, 0.1) is 0 Å². The van der Waals surface area contributed by atoms with E-state index in [1.807, 2.05) is 0 Å². The minimum atomic E-state index is -4.30. The second-order valence-electron chi connectivity index (χ2n) is 3.58. The van der Waals surface area contributed by atoms with Crippen LogP contribution in [0.25, 0.3) is 0 Å². The van der Waals surface area contributed by atoms with Crippen molar-refractivity contribution >= 4 is 0 Å². The Kier molecular flexibility index (Phi) is 3.05. The summed E-state index contributed by atoms with van der Waals surface area (Å²) in [5.74, 6) is 0.403. The predicted octanol–water partition coefficient (Wildman–Crippen LogP) is 3.22. The maximum absolute atomic E-state index is 12.3. The molecule has 0 spiro atoms. The molecule has 1 saturated heterocycles. The molecule has 1 aliphatic heterocycles. The molecule has 2 rings (SSSR count). The molecule has 16 heavy (non-hydrogen) atoms. The van der Waals surface area contributed by atoms with E-state index in [-0.39, 0.29) is 6.29 Å². The minimum absolute atomic E-state index is 0.322. The Morgan fingerprint density at radius 2 is 1.88 bits per heavy atom. The van der Waals surface area contributed by atoms with Crippen LogP contribution >= 0.6 is 0 Å². The van der Waals surface area contributed by atoms with Gasteiger partial charge in [0.05, 0.1) is 12.2 Å². The largest absolute Gasteiger partial charge is 0.465 e. The van der Waals surface area contributed by atoms with Crippen LogP contribution in [0.2, 0.25) is 0 Å². The van der Waals surface area contributed by atoms with E-state index in [0.29, 0.717) is 12.4 Å². The Morgan fingerprint density at radius 1 is 1.19 bits per heavy atom. The standard InChI is InChI=1S/C11H11F3O2/c12-11(13,14)8-3-5-9(6-4-8)16-10-2-1-7-15-10/h3-6,10H,1-2,7H2. The third-order valence-electron chi connectivity index (χ3n) is 2.34. The fourth-order valence-corrected chi connectivity index (χ4v) is 1.52. The highest BCUT2D eigenvalue weighted by Gasteiger charge is 2.30. The van der Waals surface area contributed by atoms with Crippen molar-refractivity contribution in [2.24, 2.45) is 0 Å². The molecule has 1 heterocycles. The first-order valence-electron chi connectivity index (χ1n) is 5.01. The lowest BCUT2D eigenvalue weighted by atomic mass is 10.2. The summed E-state index contributed by atoms with van der Waals surface area (Å²) >= 11 is 0. The van der Waals surface area contributed by atoms with Crippen LogP contribution < -0.4 is 4.74 Å². The summed E-state index contributed by atoms with van der Waals surface area (Å²) in [5.41, 5.74) is -0.674. The second kappa shape index (κ2) is 4.33. The number of hydrogen-bond acceptors (Lipinski definition) is 2. The van der Waals surface area contributed by atoms with E-state index in [9.17, 15) is 13.2 Å². The van der Waals surface area contributed by atoms with Gasteiger partial charge in [0.1, 0.15) is 5.75 Å². The van der Waals surface area contributed by atoms with Crippen LogP contribution in [-0.2, 0) is 10.9 Å². The van der Waals surface area contributed by atoms with Crippen LogP contribution in [0.4, 0.5) is 13.2 Å². The van der Waals surface area contributed by atoms with E-state index >= 15 is 0 Å². The van der Waals surface area contributed by atoms with E-state index in [2.05, 4.69) is 0 Å². The Labute approximate surface area is 91.0 Å². The first-order chi connectivity index (χ1) is 7.55. The molecule has 0 radical (unpaired) electrons. The molecule has 1 atom stereocenters. The Morgan fingerprint density at radius 3 is 2.38 bits per heavy atom. The summed E-state index contributed by atoms with van der Waals surface area (Å²) in [6.07, 6.45) is -2.92. The normalized spacial score (nSPS) is 21.1. The number of hydrogen-bond donors (Lipinski definition) is 0. The molecular formula is C11H11F3O2. The zero-order chi connectivity index (χ0) is 11.6. The lowest BCUT2D eigenvalue weighted by molar-refractivity contribution is -0.137. The van der Waals surface area contributed by atoms with E-state index < -0.39 is 11.7 Å². The van der Waals surface area contributed by atoms with Crippen molar-refractivity contribution < 1.29 is 22.6 Å². The highest BCUT2D eigenvalue weighted by Crippen LogP contribution is 2.30. The van der Waals surface area contributed by atoms with Gasteiger partial charge in [-0.2, -0.15) is 13.2 Å². The molecule has 1 aromatic carbocycles. The van der Waals surface area contributed by atoms with Gasteiger partial charge in [0.25, 0.3) is 0 Å². The van der Waals surface area contributed by atoms with Crippen molar-refractivity contribution in [3.63, 3.8) is 0 Å². The van der Waals surface area contributed by atoms with Gasteiger partial charge in [-0.05, 0) is 30.7 Å². The number of rotatable bonds is 2. The maximum Gasteiger partial charge on any atom is 0.416 e. The summed E-state index contributed by atoms with van der Waals surface area (Å²) in [6, 6.07) is 4.63. The smallest absolute Gasteiger partial charge is 0.416 e.